The van der Waals surface area contributed by atoms with Gasteiger partial charge in [0, 0.05) is 11.4 Å². The Bertz CT molecular complexity index is 331. The van der Waals surface area contributed by atoms with E-state index >= 15 is 0 Å². The Morgan fingerprint density at radius 1 is 1.29 bits per heavy atom. The first-order valence-corrected chi connectivity index (χ1v) is 5.94. The van der Waals surface area contributed by atoms with Crippen LogP contribution in [0.15, 0.2) is 60.6 Å². The number of allylic oxidation sites excluding steroid dienone is 6. The van der Waals surface area contributed by atoms with E-state index in [9.17, 15) is 0 Å². The fraction of sp³-hybridized carbons (Fsp3) is 0.333. The highest BCUT2D eigenvalue weighted by Crippen LogP contribution is 2.04. The molecular formula is C15H24N2. The Morgan fingerprint density at radius 2 is 2.00 bits per heavy atom. The van der Waals surface area contributed by atoms with Gasteiger partial charge in [0.15, 0.2) is 0 Å². The van der Waals surface area contributed by atoms with Crippen LogP contribution in [0.3, 0.4) is 0 Å². The van der Waals surface area contributed by atoms with Crippen molar-refractivity contribution in [3.8, 4) is 0 Å². The van der Waals surface area contributed by atoms with E-state index in [-0.39, 0.29) is 0 Å². The van der Waals surface area contributed by atoms with Gasteiger partial charge in [-0.15, -0.1) is 0 Å². The zero-order valence-electron chi connectivity index (χ0n) is 11.1. The summed E-state index contributed by atoms with van der Waals surface area (Å²) >= 11 is 0. The van der Waals surface area contributed by atoms with Crippen molar-refractivity contribution < 1.29 is 0 Å². The number of nitrogens with two attached hydrogens (primary N) is 1. The molecule has 0 saturated heterocycles. The van der Waals surface area contributed by atoms with E-state index in [1.54, 1.807) is 6.08 Å². The van der Waals surface area contributed by atoms with Gasteiger partial charge in [0.25, 0.3) is 0 Å². The quantitative estimate of drug-likeness (QED) is 0.658. The molecule has 0 unspecified atom stereocenters. The molecule has 0 heterocycles. The van der Waals surface area contributed by atoms with E-state index in [0.717, 1.165) is 17.8 Å². The molecule has 0 amide bonds. The zero-order chi connectivity index (χ0) is 13.1. The number of hydrogen-bond donors (Lipinski definition) is 2. The molecule has 0 aromatic carbocycles. The molecule has 3 N–H and O–H groups in total. The third-order valence-corrected chi connectivity index (χ3v) is 2.08. The third-order valence-electron chi connectivity index (χ3n) is 2.08. The molecule has 0 aliphatic rings. The third kappa shape index (κ3) is 8.14. The maximum atomic E-state index is 5.38. The summed E-state index contributed by atoms with van der Waals surface area (Å²) in [5.41, 5.74) is 7.36. The van der Waals surface area contributed by atoms with Crippen LogP contribution < -0.4 is 11.1 Å². The molecule has 0 aliphatic carbocycles. The molecule has 2 nitrogen and oxygen atoms in total. The number of nitrogens with one attached hydrogen (secondary N) is 1. The fourth-order valence-electron chi connectivity index (χ4n) is 1.21. The molecule has 0 bridgehead atoms. The van der Waals surface area contributed by atoms with Crippen LogP contribution in [-0.2, 0) is 0 Å². The second-order valence-electron chi connectivity index (χ2n) is 4.12. The molecule has 0 rings (SSSR count). The SMILES string of the molecule is C=C/C=C(\C=C\N)NC(/C=C\CC(C)C)=C/C. The Morgan fingerprint density at radius 3 is 2.47 bits per heavy atom. The monoisotopic (exact) mass is 232 g/mol. The molecule has 0 radical (unpaired) electrons. The van der Waals surface area contributed by atoms with Crippen LogP contribution in [0, 0.1) is 5.92 Å². The number of rotatable bonds is 7. The van der Waals surface area contributed by atoms with E-state index in [1.807, 2.05) is 25.2 Å². The first-order valence-electron chi connectivity index (χ1n) is 5.94. The first-order chi connectivity index (χ1) is 8.13. The molecule has 2 heteroatoms. The van der Waals surface area contributed by atoms with Gasteiger partial charge in [0.1, 0.15) is 0 Å². The van der Waals surface area contributed by atoms with Gasteiger partial charge in [-0.1, -0.05) is 38.7 Å². The standard InChI is InChI=1S/C15H24N2/c1-5-8-15(11-12-16)17-14(6-2)10-7-9-13(3)4/h5-8,10-13,17H,1,9,16H2,2-4H3/b10-7-,12-11+,14-6+,15-8+. The van der Waals surface area contributed by atoms with Crippen LogP contribution in [-0.4, -0.2) is 0 Å². The van der Waals surface area contributed by atoms with Crippen molar-refractivity contribution >= 4 is 0 Å². The van der Waals surface area contributed by atoms with E-state index < -0.39 is 0 Å². The summed E-state index contributed by atoms with van der Waals surface area (Å²) in [6, 6.07) is 0. The average molecular weight is 232 g/mol. The smallest absolute Gasteiger partial charge is 0.0398 e. The normalized spacial score (nSPS) is 13.9. The van der Waals surface area contributed by atoms with Crippen molar-refractivity contribution in [3.63, 3.8) is 0 Å². The molecule has 0 spiro atoms. The largest absolute Gasteiger partial charge is 0.405 e. The maximum absolute atomic E-state index is 5.38. The van der Waals surface area contributed by atoms with Gasteiger partial charge in [-0.05, 0) is 43.7 Å². The summed E-state index contributed by atoms with van der Waals surface area (Å²) in [7, 11) is 0. The summed E-state index contributed by atoms with van der Waals surface area (Å²) in [5, 5.41) is 3.28. The Kier molecular flexibility index (Phi) is 8.57. The van der Waals surface area contributed by atoms with Crippen molar-refractivity contribution in [1.29, 1.82) is 0 Å². The fourth-order valence-corrected chi connectivity index (χ4v) is 1.21. The van der Waals surface area contributed by atoms with Crippen molar-refractivity contribution in [3.05, 3.63) is 60.6 Å². The van der Waals surface area contributed by atoms with E-state index in [1.165, 1.54) is 6.20 Å². The second-order valence-corrected chi connectivity index (χ2v) is 4.12. The van der Waals surface area contributed by atoms with E-state index in [4.69, 9.17) is 5.73 Å². The van der Waals surface area contributed by atoms with Crippen molar-refractivity contribution in [2.45, 2.75) is 27.2 Å². The molecule has 0 atom stereocenters. The lowest BCUT2D eigenvalue weighted by atomic mass is 10.1. The highest BCUT2D eigenvalue weighted by Gasteiger charge is 1.93. The van der Waals surface area contributed by atoms with Gasteiger partial charge in [0.05, 0.1) is 0 Å². The summed E-state index contributed by atoms with van der Waals surface area (Å²) < 4.78 is 0. The lowest BCUT2D eigenvalue weighted by Gasteiger charge is -2.07. The van der Waals surface area contributed by atoms with Gasteiger partial charge >= 0.3 is 0 Å². The van der Waals surface area contributed by atoms with Crippen molar-refractivity contribution in [2.75, 3.05) is 0 Å². The Labute approximate surface area is 105 Å². The van der Waals surface area contributed by atoms with E-state index in [0.29, 0.717) is 5.92 Å². The minimum atomic E-state index is 0.677. The van der Waals surface area contributed by atoms with Gasteiger partial charge in [-0.25, -0.2) is 0 Å². The topological polar surface area (TPSA) is 38.0 Å². The predicted octanol–water partition coefficient (Wildman–Crippen LogP) is 3.62. The molecule has 17 heavy (non-hydrogen) atoms. The van der Waals surface area contributed by atoms with Gasteiger partial charge in [0.2, 0.25) is 0 Å². The summed E-state index contributed by atoms with van der Waals surface area (Å²) in [6.45, 7) is 10.1. The lowest BCUT2D eigenvalue weighted by Crippen LogP contribution is -2.09. The molecule has 0 aromatic rings. The molecule has 94 valence electrons. The summed E-state index contributed by atoms with van der Waals surface area (Å²) in [6.07, 6.45) is 14.3. The van der Waals surface area contributed by atoms with Crippen LogP contribution in [0.5, 0.6) is 0 Å². The zero-order valence-corrected chi connectivity index (χ0v) is 11.1. The van der Waals surface area contributed by atoms with Crippen LogP contribution in [0.1, 0.15) is 27.2 Å². The van der Waals surface area contributed by atoms with Gasteiger partial charge in [-0.2, -0.15) is 0 Å². The molecule has 0 fully saturated rings. The second kappa shape index (κ2) is 9.52. The van der Waals surface area contributed by atoms with Crippen LogP contribution in [0.25, 0.3) is 0 Å². The summed E-state index contributed by atoms with van der Waals surface area (Å²) in [4.78, 5) is 0. The summed E-state index contributed by atoms with van der Waals surface area (Å²) in [5.74, 6) is 0.677. The first kappa shape index (κ1) is 15.3. The van der Waals surface area contributed by atoms with E-state index in [2.05, 4.69) is 37.9 Å². The minimum Gasteiger partial charge on any atom is -0.405 e. The number of hydrogen-bond acceptors (Lipinski definition) is 2. The lowest BCUT2D eigenvalue weighted by molar-refractivity contribution is 0.663. The predicted molar refractivity (Wildman–Crippen MR) is 77.1 cm³/mol. The van der Waals surface area contributed by atoms with Gasteiger partial charge in [-0.3, -0.25) is 0 Å². The van der Waals surface area contributed by atoms with Crippen LogP contribution in [0.4, 0.5) is 0 Å². The van der Waals surface area contributed by atoms with Crippen molar-refractivity contribution in [1.82, 2.24) is 5.32 Å². The van der Waals surface area contributed by atoms with Crippen LogP contribution in [0.2, 0.25) is 0 Å². The maximum Gasteiger partial charge on any atom is 0.0398 e. The molecular weight excluding hydrogens is 208 g/mol. The van der Waals surface area contributed by atoms with Gasteiger partial charge < -0.3 is 11.1 Å². The minimum absolute atomic E-state index is 0.677. The highest BCUT2D eigenvalue weighted by molar-refractivity contribution is 5.29. The molecule has 0 saturated carbocycles. The molecule has 0 aromatic heterocycles. The van der Waals surface area contributed by atoms with Crippen LogP contribution >= 0.6 is 0 Å². The Hall–Kier alpha value is -1.70. The molecule has 0 aliphatic heterocycles. The van der Waals surface area contributed by atoms with Crippen molar-refractivity contribution in [2.24, 2.45) is 11.7 Å². The Balaban J connectivity index is 4.54. The average Bonchev–Trinajstić information content (AvgIpc) is 2.27. The highest BCUT2D eigenvalue weighted by atomic mass is 14.9.